The molecule has 2 bridgehead atoms. The molecular formula is C15H16Br2O4. The second-order valence-corrected chi connectivity index (χ2v) is 9.67. The van der Waals surface area contributed by atoms with Gasteiger partial charge in [0, 0.05) is 22.7 Å². The third-order valence-electron chi connectivity index (χ3n) is 5.99. The fourth-order valence-electron chi connectivity index (χ4n) is 4.78. The van der Waals surface area contributed by atoms with E-state index in [0.29, 0.717) is 12.0 Å². The van der Waals surface area contributed by atoms with Crippen molar-refractivity contribution in [2.24, 2.45) is 17.3 Å². The highest BCUT2D eigenvalue weighted by Crippen LogP contribution is 2.66. The van der Waals surface area contributed by atoms with Crippen LogP contribution in [-0.2, 0) is 19.1 Å². The summed E-state index contributed by atoms with van der Waals surface area (Å²) in [4.78, 5) is 24.5. The number of hydrogen-bond acceptors (Lipinski definition) is 4. The predicted octanol–water partition coefficient (Wildman–Crippen LogP) is 2.73. The van der Waals surface area contributed by atoms with Crippen molar-refractivity contribution >= 4 is 43.8 Å². The molecule has 0 N–H and O–H groups in total. The summed E-state index contributed by atoms with van der Waals surface area (Å²) in [7, 11) is 0. The first-order chi connectivity index (χ1) is 9.78. The van der Waals surface area contributed by atoms with E-state index in [-0.39, 0.29) is 45.1 Å². The SMILES string of the molecule is C=C1C(=O)O[C@H]2C[C@]34C(=O)O[C@H](C[C@@H]3Br)[C@@](C)(Br)[C@@H]4C[C@H]12. The molecule has 5 fully saturated rings. The molecule has 0 radical (unpaired) electrons. The summed E-state index contributed by atoms with van der Waals surface area (Å²) in [5.74, 6) is -0.321. The van der Waals surface area contributed by atoms with Crippen LogP contribution < -0.4 is 0 Å². The molecule has 4 nitrogen and oxygen atoms in total. The smallest absolute Gasteiger partial charge is 0.334 e. The van der Waals surface area contributed by atoms with Crippen LogP contribution >= 0.6 is 31.9 Å². The molecule has 3 saturated heterocycles. The number of hydrogen-bond donors (Lipinski definition) is 0. The molecule has 3 aliphatic heterocycles. The fraction of sp³-hybridized carbons (Fsp3) is 0.733. The van der Waals surface area contributed by atoms with Gasteiger partial charge in [-0.15, -0.1) is 0 Å². The second-order valence-electron chi connectivity index (χ2n) is 6.86. The van der Waals surface area contributed by atoms with Gasteiger partial charge in [-0.3, -0.25) is 4.79 Å². The van der Waals surface area contributed by atoms with Crippen molar-refractivity contribution in [1.29, 1.82) is 0 Å². The number of alkyl halides is 2. The fourth-order valence-corrected chi connectivity index (χ4v) is 6.69. The van der Waals surface area contributed by atoms with E-state index >= 15 is 0 Å². The summed E-state index contributed by atoms with van der Waals surface area (Å²) in [6, 6.07) is 0. The molecule has 2 saturated carbocycles. The van der Waals surface area contributed by atoms with E-state index in [9.17, 15) is 9.59 Å². The van der Waals surface area contributed by atoms with Gasteiger partial charge in [0.2, 0.25) is 0 Å². The van der Waals surface area contributed by atoms with E-state index in [0.717, 1.165) is 12.8 Å². The molecular weight excluding hydrogens is 404 g/mol. The Bertz CT molecular complexity index is 572. The molecule has 0 aromatic heterocycles. The minimum absolute atomic E-state index is 0.0249. The third-order valence-corrected chi connectivity index (χ3v) is 8.24. The van der Waals surface area contributed by atoms with E-state index < -0.39 is 5.41 Å². The van der Waals surface area contributed by atoms with Crippen molar-refractivity contribution in [3.63, 3.8) is 0 Å². The van der Waals surface area contributed by atoms with Crippen LogP contribution in [0.4, 0.5) is 0 Å². The monoisotopic (exact) mass is 418 g/mol. The zero-order valence-electron chi connectivity index (χ0n) is 11.6. The van der Waals surface area contributed by atoms with E-state index in [1.54, 1.807) is 0 Å². The first-order valence-electron chi connectivity index (χ1n) is 7.22. The lowest BCUT2D eigenvalue weighted by Crippen LogP contribution is -2.71. The van der Waals surface area contributed by atoms with Gasteiger partial charge in [0.25, 0.3) is 0 Å². The molecule has 3 heterocycles. The molecule has 5 aliphatic rings. The van der Waals surface area contributed by atoms with Crippen LogP contribution in [0.25, 0.3) is 0 Å². The highest BCUT2D eigenvalue weighted by molar-refractivity contribution is 9.10. The normalized spacial score (nSPS) is 54.8. The standard InChI is InChI=1S/C15H16Br2O4/c1-6-7-3-9-14(2,17)11-4-10(16)15(9,13(19)21-11)5-8(7)20-12(6)18/h7-11H,1,3-5H2,2H3/t7-,8+,9+,10+,11-,14+,15-/m1/s1. The van der Waals surface area contributed by atoms with Gasteiger partial charge < -0.3 is 9.47 Å². The maximum Gasteiger partial charge on any atom is 0.334 e. The van der Waals surface area contributed by atoms with Crippen LogP contribution in [0, 0.1) is 17.3 Å². The number of esters is 2. The van der Waals surface area contributed by atoms with Gasteiger partial charge >= 0.3 is 11.9 Å². The quantitative estimate of drug-likeness (QED) is 0.344. The average molecular weight is 420 g/mol. The lowest BCUT2D eigenvalue weighted by atomic mass is 9.51. The second kappa shape index (κ2) is 4.13. The van der Waals surface area contributed by atoms with Crippen molar-refractivity contribution in [1.82, 2.24) is 0 Å². The summed E-state index contributed by atoms with van der Waals surface area (Å²) >= 11 is 7.53. The number of ether oxygens (including phenoxy) is 2. The molecule has 7 atom stereocenters. The minimum atomic E-state index is -0.612. The number of rotatable bonds is 0. The van der Waals surface area contributed by atoms with Gasteiger partial charge in [-0.1, -0.05) is 38.4 Å². The Balaban J connectivity index is 1.82. The van der Waals surface area contributed by atoms with Crippen molar-refractivity contribution < 1.29 is 19.1 Å². The zero-order valence-corrected chi connectivity index (χ0v) is 14.8. The number of carbonyl (C=O) groups excluding carboxylic acids is 2. The van der Waals surface area contributed by atoms with E-state index in [2.05, 4.69) is 45.4 Å². The maximum absolute atomic E-state index is 12.6. The Morgan fingerprint density at radius 1 is 1.29 bits per heavy atom. The molecule has 0 aromatic carbocycles. The highest BCUT2D eigenvalue weighted by atomic mass is 79.9. The van der Waals surface area contributed by atoms with Gasteiger partial charge in [0.05, 0.1) is 9.74 Å². The molecule has 0 amide bonds. The van der Waals surface area contributed by atoms with Crippen LogP contribution in [0.15, 0.2) is 12.2 Å². The van der Waals surface area contributed by atoms with Crippen molar-refractivity contribution in [3.05, 3.63) is 12.2 Å². The molecule has 1 spiro atoms. The number of fused-ring (bicyclic) bond motifs is 3. The van der Waals surface area contributed by atoms with Gasteiger partial charge in [0.15, 0.2) is 0 Å². The van der Waals surface area contributed by atoms with E-state index in [1.165, 1.54) is 0 Å². The lowest BCUT2D eigenvalue weighted by Gasteiger charge is -2.62. The predicted molar refractivity (Wildman–Crippen MR) is 82.2 cm³/mol. The first kappa shape index (κ1) is 14.2. The van der Waals surface area contributed by atoms with Crippen LogP contribution in [0.1, 0.15) is 26.2 Å². The van der Waals surface area contributed by atoms with Crippen molar-refractivity contribution in [3.8, 4) is 0 Å². The molecule has 5 rings (SSSR count). The Morgan fingerprint density at radius 3 is 2.67 bits per heavy atom. The van der Waals surface area contributed by atoms with Crippen LogP contribution in [0.3, 0.4) is 0 Å². The number of halogens is 2. The van der Waals surface area contributed by atoms with E-state index in [4.69, 9.17) is 9.47 Å². The van der Waals surface area contributed by atoms with E-state index in [1.807, 2.05) is 0 Å². The summed E-state index contributed by atoms with van der Waals surface area (Å²) in [5.41, 5.74) is -0.0573. The maximum atomic E-state index is 12.6. The van der Waals surface area contributed by atoms with Crippen molar-refractivity contribution in [2.75, 3.05) is 0 Å². The lowest BCUT2D eigenvalue weighted by molar-refractivity contribution is -0.208. The molecule has 2 aliphatic carbocycles. The summed E-state index contributed by atoms with van der Waals surface area (Å²) < 4.78 is 10.8. The summed E-state index contributed by atoms with van der Waals surface area (Å²) in [6.45, 7) is 5.99. The van der Waals surface area contributed by atoms with Crippen molar-refractivity contribution in [2.45, 2.75) is 47.5 Å². The van der Waals surface area contributed by atoms with Gasteiger partial charge in [0.1, 0.15) is 12.2 Å². The largest absolute Gasteiger partial charge is 0.460 e. The van der Waals surface area contributed by atoms with Crippen LogP contribution in [0.2, 0.25) is 0 Å². The summed E-state index contributed by atoms with van der Waals surface area (Å²) in [5, 5.41) is 0. The highest BCUT2D eigenvalue weighted by Gasteiger charge is 2.72. The van der Waals surface area contributed by atoms with Crippen LogP contribution in [-0.4, -0.2) is 33.3 Å². The zero-order chi connectivity index (χ0) is 15.2. The Labute approximate surface area is 139 Å². The third kappa shape index (κ3) is 1.56. The first-order valence-corrected chi connectivity index (χ1v) is 8.93. The van der Waals surface area contributed by atoms with Gasteiger partial charge in [-0.25, -0.2) is 4.79 Å². The van der Waals surface area contributed by atoms with Crippen LogP contribution in [0.5, 0.6) is 0 Å². The minimum Gasteiger partial charge on any atom is -0.460 e. The Morgan fingerprint density at radius 2 is 2.00 bits per heavy atom. The number of carbonyl (C=O) groups is 2. The molecule has 6 heteroatoms. The topological polar surface area (TPSA) is 52.6 Å². The molecule has 114 valence electrons. The van der Waals surface area contributed by atoms with Gasteiger partial charge in [-0.2, -0.15) is 0 Å². The molecule has 0 unspecified atom stereocenters. The Kier molecular flexibility index (Phi) is 2.80. The average Bonchev–Trinajstić information content (AvgIpc) is 2.68. The summed E-state index contributed by atoms with van der Waals surface area (Å²) in [6.07, 6.45) is 1.67. The Hall–Kier alpha value is -0.360. The molecule has 21 heavy (non-hydrogen) atoms. The van der Waals surface area contributed by atoms with Gasteiger partial charge in [-0.05, 0) is 25.7 Å². The molecule has 0 aromatic rings.